The average Bonchev–Trinajstić information content (AvgIpc) is 3.13. The monoisotopic (exact) mass is 478 g/mol. The van der Waals surface area contributed by atoms with Crippen LogP contribution in [0.2, 0.25) is 0 Å². The van der Waals surface area contributed by atoms with Crippen LogP contribution in [0, 0.1) is 18.8 Å². The van der Waals surface area contributed by atoms with Gasteiger partial charge in [-0.1, -0.05) is 18.2 Å². The summed E-state index contributed by atoms with van der Waals surface area (Å²) >= 11 is 1.33. The van der Waals surface area contributed by atoms with Gasteiger partial charge in [0.15, 0.2) is 5.60 Å². The molecule has 1 heterocycles. The molecule has 1 aromatic heterocycles. The zero-order valence-electron chi connectivity index (χ0n) is 18.3. The number of carbonyl (C=O) groups is 1. The predicted octanol–water partition coefficient (Wildman–Crippen LogP) is 6.48. The molecular weight excluding hydrogens is 457 g/mol. The van der Waals surface area contributed by atoms with E-state index in [0.717, 1.165) is 22.6 Å². The second-order valence-corrected chi connectivity index (χ2v) is 8.91. The van der Waals surface area contributed by atoms with Gasteiger partial charge in [0.2, 0.25) is 0 Å². The summed E-state index contributed by atoms with van der Waals surface area (Å²) in [7, 11) is 0. The Hall–Kier alpha value is -3.27. The minimum atomic E-state index is -4.39. The van der Waals surface area contributed by atoms with Crippen LogP contribution in [0.15, 0.2) is 47.6 Å². The van der Waals surface area contributed by atoms with E-state index in [0.29, 0.717) is 27.8 Å². The van der Waals surface area contributed by atoms with Crippen LogP contribution in [0.5, 0.6) is 11.5 Å². The van der Waals surface area contributed by atoms with E-state index in [1.807, 2.05) is 0 Å². The van der Waals surface area contributed by atoms with Crippen molar-refractivity contribution in [3.8, 4) is 22.1 Å². The molecule has 0 unspecified atom stereocenters. The first-order valence-electron chi connectivity index (χ1n) is 9.85. The molecular formula is C23H21F3N2O4S. The zero-order chi connectivity index (χ0) is 24.4. The number of alkyl halides is 3. The lowest BCUT2D eigenvalue weighted by atomic mass is 10.1. The quantitative estimate of drug-likeness (QED) is 0.364. The zero-order valence-corrected chi connectivity index (χ0v) is 19.1. The summed E-state index contributed by atoms with van der Waals surface area (Å²) in [5.41, 5.74) is -0.0936. The minimum Gasteiger partial charge on any atom is -0.488 e. The molecule has 0 bridgehead atoms. The molecule has 174 valence electrons. The van der Waals surface area contributed by atoms with E-state index in [2.05, 4.69) is 10.2 Å². The molecule has 0 aliphatic carbocycles. The molecule has 0 saturated carbocycles. The fourth-order valence-electron chi connectivity index (χ4n) is 2.84. The number of halogens is 3. The number of ether oxygens (including phenoxy) is 2. The third-order valence-electron chi connectivity index (χ3n) is 4.84. The van der Waals surface area contributed by atoms with E-state index in [9.17, 15) is 22.9 Å². The second kappa shape index (κ2) is 9.30. The Kier molecular flexibility index (Phi) is 6.87. The second-order valence-electron chi connectivity index (χ2n) is 7.83. The number of nitrogens with zero attached hydrogens (tertiary/aromatic N) is 2. The number of aromatic nitrogens is 1. The summed E-state index contributed by atoms with van der Waals surface area (Å²) in [4.78, 5) is 27.5. The number of benzene rings is 2. The Morgan fingerprint density at radius 2 is 1.76 bits per heavy atom. The van der Waals surface area contributed by atoms with Crippen LogP contribution < -0.4 is 9.47 Å². The molecule has 1 amide bonds. The Labute approximate surface area is 192 Å². The molecule has 3 aromatic rings. The highest BCUT2D eigenvalue weighted by atomic mass is 32.1. The van der Waals surface area contributed by atoms with E-state index in [1.54, 1.807) is 32.0 Å². The molecule has 0 aliphatic rings. The maximum atomic E-state index is 12.8. The first-order valence-corrected chi connectivity index (χ1v) is 10.7. The number of thiazole rings is 1. The van der Waals surface area contributed by atoms with Gasteiger partial charge in [-0.2, -0.15) is 13.2 Å². The SMILES string of the molecule is Cc1ccc(OCc2sc(-c3ccc(C(F)(F)F)cc3)nc2C)cc1OC(C)(C)C(=O)N=O. The third-order valence-corrected chi connectivity index (χ3v) is 6.02. The highest BCUT2D eigenvalue weighted by Crippen LogP contribution is 2.34. The van der Waals surface area contributed by atoms with Crippen LogP contribution in [-0.4, -0.2) is 16.5 Å². The lowest BCUT2D eigenvalue weighted by Crippen LogP contribution is -2.37. The molecule has 10 heteroatoms. The molecule has 0 N–H and O–H groups in total. The van der Waals surface area contributed by atoms with Gasteiger partial charge in [-0.05, 0) is 51.5 Å². The molecule has 0 spiro atoms. The van der Waals surface area contributed by atoms with Gasteiger partial charge in [-0.15, -0.1) is 16.2 Å². The predicted molar refractivity (Wildman–Crippen MR) is 118 cm³/mol. The highest BCUT2D eigenvalue weighted by molar-refractivity contribution is 7.15. The number of carbonyl (C=O) groups excluding carboxylic acids is 1. The summed E-state index contributed by atoms with van der Waals surface area (Å²) < 4.78 is 49.9. The van der Waals surface area contributed by atoms with E-state index in [-0.39, 0.29) is 6.61 Å². The van der Waals surface area contributed by atoms with Crippen LogP contribution in [0.1, 0.15) is 35.5 Å². The van der Waals surface area contributed by atoms with Crippen molar-refractivity contribution in [1.82, 2.24) is 4.98 Å². The topological polar surface area (TPSA) is 77.8 Å². The first kappa shape index (κ1) is 24.4. The molecule has 0 atom stereocenters. The van der Waals surface area contributed by atoms with Gasteiger partial charge in [-0.3, -0.25) is 4.79 Å². The van der Waals surface area contributed by atoms with Gasteiger partial charge in [-0.25, -0.2) is 4.98 Å². The van der Waals surface area contributed by atoms with Crippen LogP contribution in [0.25, 0.3) is 10.6 Å². The lowest BCUT2D eigenvalue weighted by molar-refractivity contribution is -0.137. The summed E-state index contributed by atoms with van der Waals surface area (Å²) in [6.45, 7) is 6.68. The number of hydrogen-bond donors (Lipinski definition) is 0. The molecule has 2 aromatic carbocycles. The summed E-state index contributed by atoms with van der Waals surface area (Å²) in [6.07, 6.45) is -4.39. The fourth-order valence-corrected chi connectivity index (χ4v) is 3.83. The smallest absolute Gasteiger partial charge is 0.416 e. The van der Waals surface area contributed by atoms with Crippen LogP contribution in [0.3, 0.4) is 0 Å². The number of amides is 1. The lowest BCUT2D eigenvalue weighted by Gasteiger charge is -2.23. The molecule has 3 rings (SSSR count). The fraction of sp³-hybridized carbons (Fsp3) is 0.304. The van der Waals surface area contributed by atoms with Crippen molar-refractivity contribution in [2.75, 3.05) is 0 Å². The summed E-state index contributed by atoms with van der Waals surface area (Å²) in [5.74, 6) is -0.0768. The third kappa shape index (κ3) is 5.75. The van der Waals surface area contributed by atoms with Gasteiger partial charge >= 0.3 is 12.1 Å². The largest absolute Gasteiger partial charge is 0.488 e. The molecule has 0 aliphatic heterocycles. The van der Waals surface area contributed by atoms with Gasteiger partial charge in [0.25, 0.3) is 0 Å². The molecule has 0 saturated heterocycles. The summed E-state index contributed by atoms with van der Waals surface area (Å²) in [5, 5.41) is 3.02. The standard InChI is InChI=1S/C23H21F3N2O4S/c1-13-5-10-17(11-18(13)32-22(3,4)21(29)28-30)31-12-19-14(2)27-20(33-19)15-6-8-16(9-7-15)23(24,25)26/h5-11H,12H2,1-4H3. The van der Waals surface area contributed by atoms with Gasteiger partial charge < -0.3 is 9.47 Å². The number of hydrogen-bond acceptors (Lipinski definition) is 6. The number of rotatable bonds is 7. The molecule has 0 radical (unpaired) electrons. The van der Waals surface area contributed by atoms with Crippen molar-refractivity contribution >= 4 is 17.2 Å². The summed E-state index contributed by atoms with van der Waals surface area (Å²) in [6, 6.07) is 9.96. The van der Waals surface area contributed by atoms with Crippen molar-refractivity contribution in [2.45, 2.75) is 46.1 Å². The van der Waals surface area contributed by atoms with Crippen LogP contribution in [-0.2, 0) is 17.6 Å². The Bertz CT molecular complexity index is 1170. The number of aryl methyl sites for hydroxylation is 2. The van der Waals surface area contributed by atoms with Crippen molar-refractivity contribution in [2.24, 2.45) is 5.18 Å². The number of nitroso groups, excluding NO2 is 1. The maximum absolute atomic E-state index is 12.8. The van der Waals surface area contributed by atoms with E-state index >= 15 is 0 Å². The molecule has 33 heavy (non-hydrogen) atoms. The van der Waals surface area contributed by atoms with Gasteiger partial charge in [0, 0.05) is 16.8 Å². The Morgan fingerprint density at radius 1 is 1.09 bits per heavy atom. The van der Waals surface area contributed by atoms with E-state index in [1.165, 1.54) is 37.3 Å². The van der Waals surface area contributed by atoms with Gasteiger partial charge in [0.1, 0.15) is 23.1 Å². The van der Waals surface area contributed by atoms with Crippen molar-refractivity contribution < 1.29 is 27.4 Å². The maximum Gasteiger partial charge on any atom is 0.416 e. The minimum absolute atomic E-state index is 0.185. The van der Waals surface area contributed by atoms with Crippen molar-refractivity contribution in [3.05, 3.63) is 69.1 Å². The molecule has 0 fully saturated rings. The van der Waals surface area contributed by atoms with Crippen LogP contribution in [0.4, 0.5) is 13.2 Å². The Morgan fingerprint density at radius 3 is 2.36 bits per heavy atom. The normalized spacial score (nSPS) is 11.8. The van der Waals surface area contributed by atoms with E-state index < -0.39 is 23.2 Å². The van der Waals surface area contributed by atoms with Crippen LogP contribution >= 0.6 is 11.3 Å². The van der Waals surface area contributed by atoms with Gasteiger partial charge in [0.05, 0.1) is 16.1 Å². The van der Waals surface area contributed by atoms with Crippen molar-refractivity contribution in [1.29, 1.82) is 0 Å². The van der Waals surface area contributed by atoms with E-state index in [4.69, 9.17) is 9.47 Å². The average molecular weight is 478 g/mol. The first-order chi connectivity index (χ1) is 15.4. The Balaban J connectivity index is 1.74. The molecule has 6 nitrogen and oxygen atoms in total. The van der Waals surface area contributed by atoms with Crippen molar-refractivity contribution in [3.63, 3.8) is 0 Å². The highest BCUT2D eigenvalue weighted by Gasteiger charge is 2.32.